The Hall–Kier alpha value is -4.08. The molecule has 8 rings (SSSR count). The highest BCUT2D eigenvalue weighted by Gasteiger charge is 2.52. The van der Waals surface area contributed by atoms with Gasteiger partial charge in [-0.3, -0.25) is 0 Å². The Balaban J connectivity index is 1.60. The summed E-state index contributed by atoms with van der Waals surface area (Å²) in [7, 11) is 1.13. The predicted octanol–water partition coefficient (Wildman–Crippen LogP) is 6.17. The van der Waals surface area contributed by atoms with Gasteiger partial charge in [-0.05, 0) is 44.4 Å². The SMILES string of the molecule is O[B]c1cccc2c1oc1c3c(ccc12)C1(c2ccccc2-c2ccccc21)c1ccccc1-3. The van der Waals surface area contributed by atoms with Crippen LogP contribution in [0.25, 0.3) is 44.2 Å². The van der Waals surface area contributed by atoms with E-state index in [9.17, 15) is 5.02 Å². The Kier molecular flexibility index (Phi) is 3.39. The number of benzene rings is 5. The lowest BCUT2D eigenvalue weighted by molar-refractivity contribution is 0.613. The van der Waals surface area contributed by atoms with Gasteiger partial charge in [-0.1, -0.05) is 103 Å². The molecule has 2 nitrogen and oxygen atoms in total. The van der Waals surface area contributed by atoms with Gasteiger partial charge in [-0.25, -0.2) is 0 Å². The van der Waals surface area contributed by atoms with Crippen LogP contribution in [0.15, 0.2) is 108 Å². The molecule has 1 N–H and O–H groups in total. The molecule has 1 spiro atoms. The lowest BCUT2D eigenvalue weighted by Gasteiger charge is -2.30. The molecule has 0 amide bonds. The Morgan fingerprint density at radius 3 is 1.79 bits per heavy atom. The van der Waals surface area contributed by atoms with Crippen molar-refractivity contribution in [1.29, 1.82) is 0 Å². The molecule has 0 saturated carbocycles. The lowest BCUT2D eigenvalue weighted by Crippen LogP contribution is -2.25. The number of rotatable bonds is 1. The summed E-state index contributed by atoms with van der Waals surface area (Å²) in [6.45, 7) is 0. The Bertz CT molecular complexity index is 1760. The summed E-state index contributed by atoms with van der Waals surface area (Å²) in [6.07, 6.45) is 0. The maximum absolute atomic E-state index is 9.81. The van der Waals surface area contributed by atoms with Gasteiger partial charge in [0.25, 0.3) is 0 Å². The average molecular weight is 433 g/mol. The highest BCUT2D eigenvalue weighted by Crippen LogP contribution is 2.63. The molecule has 0 bridgehead atoms. The molecule has 0 aliphatic heterocycles. The third-order valence-electron chi connectivity index (χ3n) is 7.79. The summed E-state index contributed by atoms with van der Waals surface area (Å²) in [4.78, 5) is 0. The van der Waals surface area contributed by atoms with Gasteiger partial charge in [0.1, 0.15) is 11.2 Å². The maximum Gasteiger partial charge on any atom is 0.330 e. The normalized spacial score (nSPS) is 14.3. The standard InChI is InChI=1S/C31H18BO2/c33-32-27-15-7-11-20-21-16-17-26-28(30(21)34-29(20)27)22-10-3-6-14-25(22)31(26)23-12-4-1-8-18(23)19-9-2-5-13-24(19)31/h1-17,33H. The van der Waals surface area contributed by atoms with E-state index in [-0.39, 0.29) is 5.41 Å². The van der Waals surface area contributed by atoms with E-state index in [0.717, 1.165) is 35.0 Å². The van der Waals surface area contributed by atoms with Crippen molar-refractivity contribution in [3.05, 3.63) is 125 Å². The van der Waals surface area contributed by atoms with Gasteiger partial charge < -0.3 is 9.44 Å². The summed E-state index contributed by atoms with van der Waals surface area (Å²) in [5, 5.41) is 11.9. The molecule has 1 heterocycles. The van der Waals surface area contributed by atoms with Gasteiger partial charge in [-0.15, -0.1) is 0 Å². The van der Waals surface area contributed by atoms with E-state index in [0.29, 0.717) is 5.46 Å². The van der Waals surface area contributed by atoms with Crippen molar-refractivity contribution in [2.24, 2.45) is 0 Å². The summed E-state index contributed by atoms with van der Waals surface area (Å²) in [6, 6.07) is 36.8. The number of fused-ring (bicyclic) bond motifs is 14. The first-order chi connectivity index (χ1) is 16.8. The number of hydrogen-bond acceptors (Lipinski definition) is 2. The second-order valence-electron chi connectivity index (χ2n) is 9.21. The molecule has 2 aliphatic carbocycles. The van der Waals surface area contributed by atoms with Crippen molar-refractivity contribution in [3.8, 4) is 22.3 Å². The molecule has 0 fully saturated rings. The molecule has 0 saturated heterocycles. The molecule has 0 atom stereocenters. The molecular formula is C31H18BO2. The highest BCUT2D eigenvalue weighted by atomic mass is 16.3. The van der Waals surface area contributed by atoms with Crippen molar-refractivity contribution in [1.82, 2.24) is 0 Å². The lowest BCUT2D eigenvalue weighted by atomic mass is 9.70. The zero-order valence-corrected chi connectivity index (χ0v) is 18.2. The van der Waals surface area contributed by atoms with Crippen LogP contribution in [0, 0.1) is 0 Å². The fourth-order valence-corrected chi connectivity index (χ4v) is 6.55. The minimum atomic E-state index is -0.377. The molecule has 1 radical (unpaired) electrons. The number of para-hydroxylation sites is 1. The largest absolute Gasteiger partial charge is 0.456 e. The van der Waals surface area contributed by atoms with Crippen LogP contribution in [0.1, 0.15) is 22.3 Å². The molecule has 5 aromatic carbocycles. The summed E-state index contributed by atoms with van der Waals surface area (Å²) in [5.41, 5.74) is 12.1. The molecule has 2 aliphatic rings. The fourth-order valence-electron chi connectivity index (χ4n) is 6.55. The van der Waals surface area contributed by atoms with Crippen LogP contribution in [-0.4, -0.2) is 12.5 Å². The first-order valence-corrected chi connectivity index (χ1v) is 11.6. The zero-order valence-electron chi connectivity index (χ0n) is 18.2. The van der Waals surface area contributed by atoms with Crippen LogP contribution in [-0.2, 0) is 5.41 Å². The quantitative estimate of drug-likeness (QED) is 0.314. The van der Waals surface area contributed by atoms with Gasteiger partial charge in [0.2, 0.25) is 0 Å². The Morgan fingerprint density at radius 1 is 0.529 bits per heavy atom. The first-order valence-electron chi connectivity index (χ1n) is 11.6. The number of furan rings is 1. The van der Waals surface area contributed by atoms with E-state index in [1.54, 1.807) is 0 Å². The third kappa shape index (κ3) is 1.95. The van der Waals surface area contributed by atoms with Gasteiger partial charge in [0, 0.05) is 16.3 Å². The van der Waals surface area contributed by atoms with Gasteiger partial charge in [0.15, 0.2) is 0 Å². The van der Waals surface area contributed by atoms with Crippen LogP contribution in [0.4, 0.5) is 0 Å². The van der Waals surface area contributed by atoms with Gasteiger partial charge in [-0.2, -0.15) is 0 Å². The van der Waals surface area contributed by atoms with Crippen LogP contribution < -0.4 is 5.46 Å². The van der Waals surface area contributed by atoms with Crippen LogP contribution in [0.2, 0.25) is 0 Å². The van der Waals surface area contributed by atoms with Crippen LogP contribution >= 0.6 is 0 Å². The Morgan fingerprint density at radius 2 is 1.12 bits per heavy atom. The average Bonchev–Trinajstić information content (AvgIpc) is 3.52. The van der Waals surface area contributed by atoms with Crippen LogP contribution in [0.3, 0.4) is 0 Å². The maximum atomic E-state index is 9.81. The first kappa shape index (κ1) is 18.4. The molecular weight excluding hydrogens is 415 g/mol. The highest BCUT2D eigenvalue weighted by molar-refractivity contribution is 6.50. The van der Waals surface area contributed by atoms with Crippen molar-refractivity contribution in [2.45, 2.75) is 5.41 Å². The topological polar surface area (TPSA) is 33.4 Å². The zero-order chi connectivity index (χ0) is 22.4. The van der Waals surface area contributed by atoms with E-state index < -0.39 is 0 Å². The predicted molar refractivity (Wildman–Crippen MR) is 138 cm³/mol. The van der Waals surface area contributed by atoms with Gasteiger partial charge in [0.05, 0.1) is 5.41 Å². The Labute approximate surface area is 197 Å². The molecule has 34 heavy (non-hydrogen) atoms. The van der Waals surface area contributed by atoms with E-state index in [1.807, 2.05) is 12.1 Å². The summed E-state index contributed by atoms with van der Waals surface area (Å²) >= 11 is 0. The minimum absolute atomic E-state index is 0.377. The van der Waals surface area contributed by atoms with Crippen molar-refractivity contribution in [3.63, 3.8) is 0 Å². The van der Waals surface area contributed by atoms with E-state index >= 15 is 0 Å². The smallest absolute Gasteiger partial charge is 0.330 e. The van der Waals surface area contributed by atoms with Gasteiger partial charge >= 0.3 is 7.48 Å². The minimum Gasteiger partial charge on any atom is -0.456 e. The van der Waals surface area contributed by atoms with Crippen LogP contribution in [0.5, 0.6) is 0 Å². The summed E-state index contributed by atoms with van der Waals surface area (Å²) in [5.74, 6) is 0. The van der Waals surface area contributed by atoms with Crippen molar-refractivity contribution in [2.75, 3.05) is 0 Å². The summed E-state index contributed by atoms with van der Waals surface area (Å²) < 4.78 is 6.56. The number of hydrogen-bond donors (Lipinski definition) is 1. The van der Waals surface area contributed by atoms with E-state index in [2.05, 4.69) is 91.0 Å². The fraction of sp³-hybridized carbons (Fsp3) is 0.0323. The van der Waals surface area contributed by atoms with Crippen molar-refractivity contribution >= 4 is 34.9 Å². The second kappa shape index (κ2) is 6.28. The third-order valence-corrected chi connectivity index (χ3v) is 7.79. The second-order valence-corrected chi connectivity index (χ2v) is 9.21. The molecule has 0 unspecified atom stereocenters. The molecule has 6 aromatic rings. The molecule has 1 aromatic heterocycles. The van der Waals surface area contributed by atoms with E-state index in [4.69, 9.17) is 4.42 Å². The monoisotopic (exact) mass is 433 g/mol. The van der Waals surface area contributed by atoms with Crippen molar-refractivity contribution < 1.29 is 9.44 Å². The molecule has 3 heteroatoms. The van der Waals surface area contributed by atoms with E-state index in [1.165, 1.54) is 38.9 Å². The molecule has 157 valence electrons.